The van der Waals surface area contributed by atoms with Gasteiger partial charge in [-0.25, -0.2) is 0 Å². The number of nitrogens with zero attached hydrogens (tertiary/aromatic N) is 2. The fourth-order valence-corrected chi connectivity index (χ4v) is 2.76. The minimum Gasteiger partial charge on any atom is -0.392 e. The van der Waals surface area contributed by atoms with Gasteiger partial charge >= 0.3 is 0 Å². The zero-order valence-corrected chi connectivity index (χ0v) is 12.3. The maximum Gasteiger partial charge on any atom is 0.241 e. The number of aliphatic hydroxyl groups is 1. The normalized spacial score (nSPS) is 20.1. The smallest absolute Gasteiger partial charge is 0.241 e. The zero-order valence-electron chi connectivity index (χ0n) is 12.3. The Kier molecular flexibility index (Phi) is 5.15. The summed E-state index contributed by atoms with van der Waals surface area (Å²) in [6, 6.07) is 9.89. The monoisotopic (exact) mass is 276 g/mol. The number of hydrogen-bond donors (Lipinski definition) is 1. The summed E-state index contributed by atoms with van der Waals surface area (Å²) in [5.41, 5.74) is 0.935. The molecule has 1 heterocycles. The highest BCUT2D eigenvalue weighted by molar-refractivity contribution is 5.95. The quantitative estimate of drug-likeness (QED) is 0.913. The molecular formula is C16H24N2O2. The van der Waals surface area contributed by atoms with Crippen LogP contribution < -0.4 is 4.90 Å². The molecule has 1 amide bonds. The van der Waals surface area contributed by atoms with Crippen LogP contribution in [0, 0.1) is 0 Å². The Morgan fingerprint density at radius 2 is 2.10 bits per heavy atom. The molecular weight excluding hydrogens is 252 g/mol. The molecule has 0 aromatic heterocycles. The van der Waals surface area contributed by atoms with Crippen molar-refractivity contribution in [3.05, 3.63) is 30.3 Å². The maximum absolute atomic E-state index is 12.6. The average molecular weight is 276 g/mol. The maximum atomic E-state index is 12.6. The molecule has 110 valence electrons. The topological polar surface area (TPSA) is 43.8 Å². The van der Waals surface area contributed by atoms with Crippen LogP contribution in [0.4, 0.5) is 5.69 Å². The fraction of sp³-hybridized carbons (Fsp3) is 0.562. The second-order valence-corrected chi connectivity index (χ2v) is 5.72. The number of rotatable bonds is 4. The van der Waals surface area contributed by atoms with E-state index in [1.807, 2.05) is 49.1 Å². The number of carbonyl (C=O) groups is 1. The Morgan fingerprint density at radius 3 is 2.70 bits per heavy atom. The highest BCUT2D eigenvalue weighted by Gasteiger charge is 2.24. The highest BCUT2D eigenvalue weighted by atomic mass is 16.3. The SMILES string of the molecule is CC(C)N(C(=O)CN1CCCC(O)C1)c1ccccc1. The summed E-state index contributed by atoms with van der Waals surface area (Å²) in [6.45, 7) is 5.92. The van der Waals surface area contributed by atoms with E-state index in [1.165, 1.54) is 0 Å². The molecule has 4 nitrogen and oxygen atoms in total. The van der Waals surface area contributed by atoms with E-state index in [0.29, 0.717) is 13.1 Å². The lowest BCUT2D eigenvalue weighted by atomic mass is 10.1. The van der Waals surface area contributed by atoms with E-state index in [2.05, 4.69) is 4.90 Å². The van der Waals surface area contributed by atoms with Crippen LogP contribution in [-0.4, -0.2) is 47.7 Å². The van der Waals surface area contributed by atoms with Crippen LogP contribution in [-0.2, 0) is 4.79 Å². The van der Waals surface area contributed by atoms with Crippen molar-refractivity contribution in [2.75, 3.05) is 24.5 Å². The molecule has 1 aliphatic heterocycles. The van der Waals surface area contributed by atoms with E-state index in [1.54, 1.807) is 0 Å². The molecule has 1 aliphatic rings. The third-order valence-electron chi connectivity index (χ3n) is 3.66. The summed E-state index contributed by atoms with van der Waals surface area (Å²) in [5, 5.41) is 9.69. The van der Waals surface area contributed by atoms with Crippen molar-refractivity contribution in [1.82, 2.24) is 4.90 Å². The van der Waals surface area contributed by atoms with Crippen molar-refractivity contribution >= 4 is 11.6 Å². The summed E-state index contributed by atoms with van der Waals surface area (Å²) in [6.07, 6.45) is 1.51. The third kappa shape index (κ3) is 3.81. The number of benzene rings is 1. The Morgan fingerprint density at radius 1 is 1.40 bits per heavy atom. The van der Waals surface area contributed by atoms with Crippen molar-refractivity contribution in [3.8, 4) is 0 Å². The minimum absolute atomic E-state index is 0.0975. The van der Waals surface area contributed by atoms with Gasteiger partial charge in [0.1, 0.15) is 0 Å². The Bertz CT molecular complexity index is 433. The first kappa shape index (κ1) is 15.0. The predicted octanol–water partition coefficient (Wildman–Crippen LogP) is 1.88. The van der Waals surface area contributed by atoms with Gasteiger partial charge < -0.3 is 10.0 Å². The number of likely N-dealkylation sites (tertiary alicyclic amines) is 1. The number of aliphatic hydroxyl groups excluding tert-OH is 1. The predicted molar refractivity (Wildman–Crippen MR) is 80.7 cm³/mol. The standard InChI is InChI=1S/C16H24N2O2/c1-13(2)18(14-7-4-3-5-8-14)16(20)12-17-10-6-9-15(19)11-17/h3-5,7-8,13,15,19H,6,9-12H2,1-2H3. The second-order valence-electron chi connectivity index (χ2n) is 5.72. The van der Waals surface area contributed by atoms with Crippen molar-refractivity contribution in [1.29, 1.82) is 0 Å². The highest BCUT2D eigenvalue weighted by Crippen LogP contribution is 2.18. The first-order valence-electron chi connectivity index (χ1n) is 7.35. The summed E-state index contributed by atoms with van der Waals surface area (Å²) in [4.78, 5) is 16.4. The van der Waals surface area contributed by atoms with E-state index in [0.717, 1.165) is 25.1 Å². The largest absolute Gasteiger partial charge is 0.392 e. The van der Waals surface area contributed by atoms with Crippen LogP contribution in [0.5, 0.6) is 0 Å². The molecule has 1 saturated heterocycles. The number of carbonyl (C=O) groups excluding carboxylic acids is 1. The zero-order chi connectivity index (χ0) is 14.5. The lowest BCUT2D eigenvalue weighted by Gasteiger charge is -2.33. The molecule has 4 heteroatoms. The summed E-state index contributed by atoms with van der Waals surface area (Å²) >= 11 is 0. The number of anilines is 1. The van der Waals surface area contributed by atoms with Gasteiger partial charge in [-0.15, -0.1) is 0 Å². The first-order valence-corrected chi connectivity index (χ1v) is 7.35. The molecule has 1 N–H and O–H groups in total. The molecule has 1 fully saturated rings. The molecule has 2 rings (SSSR count). The van der Waals surface area contributed by atoms with Crippen LogP contribution in [0.3, 0.4) is 0 Å². The first-order chi connectivity index (χ1) is 9.58. The summed E-state index contributed by atoms with van der Waals surface area (Å²) in [7, 11) is 0. The minimum atomic E-state index is -0.291. The summed E-state index contributed by atoms with van der Waals surface area (Å²) < 4.78 is 0. The van der Waals surface area contributed by atoms with Crippen molar-refractivity contribution < 1.29 is 9.90 Å². The summed E-state index contributed by atoms with van der Waals surface area (Å²) in [5.74, 6) is 0.0975. The Balaban J connectivity index is 2.04. The fourth-order valence-electron chi connectivity index (χ4n) is 2.76. The van der Waals surface area contributed by atoms with Crippen LogP contribution in [0.25, 0.3) is 0 Å². The van der Waals surface area contributed by atoms with Crippen LogP contribution in [0.1, 0.15) is 26.7 Å². The van der Waals surface area contributed by atoms with E-state index in [9.17, 15) is 9.90 Å². The molecule has 1 aromatic rings. The van der Waals surface area contributed by atoms with E-state index < -0.39 is 0 Å². The molecule has 0 saturated carbocycles. The van der Waals surface area contributed by atoms with Crippen molar-refractivity contribution in [3.63, 3.8) is 0 Å². The average Bonchev–Trinajstić information content (AvgIpc) is 2.39. The van der Waals surface area contributed by atoms with Gasteiger partial charge in [0.2, 0.25) is 5.91 Å². The number of amides is 1. The molecule has 0 aliphatic carbocycles. The van der Waals surface area contributed by atoms with Crippen LogP contribution in [0.15, 0.2) is 30.3 Å². The van der Waals surface area contributed by atoms with E-state index in [-0.39, 0.29) is 18.1 Å². The lowest BCUT2D eigenvalue weighted by Crippen LogP contribution is -2.47. The molecule has 20 heavy (non-hydrogen) atoms. The van der Waals surface area contributed by atoms with Gasteiger partial charge in [-0.05, 0) is 45.4 Å². The van der Waals surface area contributed by atoms with Crippen molar-refractivity contribution in [2.45, 2.75) is 38.8 Å². The van der Waals surface area contributed by atoms with Crippen LogP contribution >= 0.6 is 0 Å². The Labute approximate surface area is 121 Å². The number of hydrogen-bond acceptors (Lipinski definition) is 3. The number of piperidine rings is 1. The number of β-amino-alcohol motifs (C(OH)–C–C–N with tert-alkyl or cyclic N) is 1. The van der Waals surface area contributed by atoms with Crippen molar-refractivity contribution in [2.24, 2.45) is 0 Å². The van der Waals surface area contributed by atoms with E-state index in [4.69, 9.17) is 0 Å². The molecule has 1 unspecified atom stereocenters. The van der Waals surface area contributed by atoms with E-state index >= 15 is 0 Å². The van der Waals surface area contributed by atoms with Gasteiger partial charge in [0.25, 0.3) is 0 Å². The Hall–Kier alpha value is -1.39. The van der Waals surface area contributed by atoms with Gasteiger partial charge in [0.05, 0.1) is 12.6 Å². The molecule has 1 atom stereocenters. The number of para-hydroxylation sites is 1. The van der Waals surface area contributed by atoms with Gasteiger partial charge in [-0.3, -0.25) is 9.69 Å². The molecule has 0 radical (unpaired) electrons. The van der Waals surface area contributed by atoms with Crippen LogP contribution in [0.2, 0.25) is 0 Å². The third-order valence-corrected chi connectivity index (χ3v) is 3.66. The second kappa shape index (κ2) is 6.86. The molecule has 0 bridgehead atoms. The van der Waals surface area contributed by atoms with Gasteiger partial charge in [0, 0.05) is 18.3 Å². The molecule has 0 spiro atoms. The van der Waals surface area contributed by atoms with Gasteiger partial charge in [-0.1, -0.05) is 18.2 Å². The van der Waals surface area contributed by atoms with Gasteiger partial charge in [0.15, 0.2) is 0 Å². The van der Waals surface area contributed by atoms with Gasteiger partial charge in [-0.2, -0.15) is 0 Å². The lowest BCUT2D eigenvalue weighted by molar-refractivity contribution is -0.120. The molecule has 1 aromatic carbocycles.